The summed E-state index contributed by atoms with van der Waals surface area (Å²) in [7, 11) is 0. The highest BCUT2D eigenvalue weighted by Crippen LogP contribution is 2.41. The summed E-state index contributed by atoms with van der Waals surface area (Å²) < 4.78 is 9.89. The van der Waals surface area contributed by atoms with E-state index in [2.05, 4.69) is 13.8 Å². The quantitative estimate of drug-likeness (QED) is 0.569. The maximum absolute atomic E-state index is 11.9. The van der Waals surface area contributed by atoms with E-state index in [0.29, 0.717) is 11.3 Å². The molecule has 1 aliphatic rings. The molecule has 0 spiro atoms. The number of carbonyl (C=O) groups excluding carboxylic acids is 2. The van der Waals surface area contributed by atoms with Crippen LogP contribution >= 0.6 is 0 Å². The van der Waals surface area contributed by atoms with Gasteiger partial charge in [-0.15, -0.1) is 0 Å². The van der Waals surface area contributed by atoms with Crippen molar-refractivity contribution in [2.24, 2.45) is 17.3 Å². The van der Waals surface area contributed by atoms with E-state index >= 15 is 0 Å². The Hall–Kier alpha value is -1.06. The lowest BCUT2D eigenvalue weighted by molar-refractivity contribution is -0.155. The average Bonchev–Trinajstić information content (AvgIpc) is 2.32. The molecule has 19 heavy (non-hydrogen) atoms. The van der Waals surface area contributed by atoms with Crippen LogP contribution in [0, 0.1) is 17.3 Å². The van der Waals surface area contributed by atoms with Crippen molar-refractivity contribution in [2.75, 3.05) is 13.2 Å². The second-order valence-corrected chi connectivity index (χ2v) is 6.32. The number of hydrogen-bond acceptors (Lipinski definition) is 4. The van der Waals surface area contributed by atoms with E-state index in [4.69, 9.17) is 9.47 Å². The highest BCUT2D eigenvalue weighted by atomic mass is 16.6. The highest BCUT2D eigenvalue weighted by Gasteiger charge is 2.34. The minimum Gasteiger partial charge on any atom is -0.462 e. The van der Waals surface area contributed by atoms with Gasteiger partial charge in [0.05, 0.1) is 5.92 Å². The van der Waals surface area contributed by atoms with Crippen molar-refractivity contribution in [2.45, 2.75) is 53.4 Å². The molecule has 1 fully saturated rings. The molecule has 1 rings (SSSR count). The van der Waals surface area contributed by atoms with E-state index in [-0.39, 0.29) is 31.1 Å². The molecule has 2 atom stereocenters. The van der Waals surface area contributed by atoms with E-state index in [1.165, 1.54) is 19.8 Å². The van der Waals surface area contributed by atoms with Gasteiger partial charge in [-0.3, -0.25) is 9.59 Å². The van der Waals surface area contributed by atoms with Gasteiger partial charge in [0.1, 0.15) is 13.2 Å². The molecule has 0 bridgehead atoms. The van der Waals surface area contributed by atoms with Gasteiger partial charge in [0.2, 0.25) is 0 Å². The summed E-state index contributed by atoms with van der Waals surface area (Å²) in [5, 5.41) is 0. The molecule has 0 heterocycles. The molecule has 0 aromatic carbocycles. The van der Waals surface area contributed by atoms with Crippen molar-refractivity contribution in [3.8, 4) is 0 Å². The molecule has 110 valence electrons. The summed E-state index contributed by atoms with van der Waals surface area (Å²) in [6.45, 7) is 8.10. The van der Waals surface area contributed by atoms with Crippen LogP contribution in [-0.2, 0) is 19.1 Å². The lowest BCUT2D eigenvalue weighted by Crippen LogP contribution is -2.31. The minimum atomic E-state index is -0.349. The summed E-state index contributed by atoms with van der Waals surface area (Å²) >= 11 is 0. The molecule has 0 unspecified atom stereocenters. The third-order valence-electron chi connectivity index (χ3n) is 3.96. The van der Waals surface area contributed by atoms with Crippen LogP contribution in [0.4, 0.5) is 0 Å². The van der Waals surface area contributed by atoms with Gasteiger partial charge >= 0.3 is 11.9 Å². The Morgan fingerprint density at radius 3 is 2.47 bits per heavy atom. The van der Waals surface area contributed by atoms with Crippen molar-refractivity contribution in [3.05, 3.63) is 0 Å². The highest BCUT2D eigenvalue weighted by molar-refractivity contribution is 5.72. The van der Waals surface area contributed by atoms with Gasteiger partial charge in [-0.1, -0.05) is 27.2 Å². The molecule has 0 amide bonds. The second kappa shape index (κ2) is 6.92. The number of esters is 2. The predicted molar refractivity (Wildman–Crippen MR) is 72.5 cm³/mol. The molecule has 0 aromatic rings. The van der Waals surface area contributed by atoms with Crippen molar-refractivity contribution in [1.29, 1.82) is 0 Å². The Labute approximate surface area is 115 Å². The first kappa shape index (κ1) is 16.0. The Morgan fingerprint density at radius 2 is 1.89 bits per heavy atom. The zero-order valence-electron chi connectivity index (χ0n) is 12.5. The van der Waals surface area contributed by atoms with Crippen LogP contribution in [-0.4, -0.2) is 25.2 Å². The molecule has 0 N–H and O–H groups in total. The maximum atomic E-state index is 11.9. The van der Waals surface area contributed by atoms with Crippen LogP contribution in [0.2, 0.25) is 0 Å². The van der Waals surface area contributed by atoms with Crippen LogP contribution in [0.15, 0.2) is 0 Å². The second-order valence-electron chi connectivity index (χ2n) is 6.32. The standard InChI is InChI=1S/C15H26O4/c1-11(13-6-5-7-15(3,4)10-13)14(17)19-9-8-18-12(2)16/h11,13H,5-10H2,1-4H3/t11-,13+/m0/s1. The smallest absolute Gasteiger partial charge is 0.309 e. The molecule has 0 radical (unpaired) electrons. The number of rotatable bonds is 5. The Kier molecular flexibility index (Phi) is 5.83. The Bertz CT molecular complexity index is 322. The fraction of sp³-hybridized carbons (Fsp3) is 0.867. The van der Waals surface area contributed by atoms with Gasteiger partial charge in [0.25, 0.3) is 0 Å². The number of carbonyl (C=O) groups is 2. The van der Waals surface area contributed by atoms with Crippen LogP contribution in [0.25, 0.3) is 0 Å². The van der Waals surface area contributed by atoms with Gasteiger partial charge in [0.15, 0.2) is 0 Å². The molecule has 0 saturated heterocycles. The van der Waals surface area contributed by atoms with Gasteiger partial charge in [-0.2, -0.15) is 0 Å². The van der Waals surface area contributed by atoms with Crippen LogP contribution in [0.5, 0.6) is 0 Å². The van der Waals surface area contributed by atoms with Crippen LogP contribution in [0.3, 0.4) is 0 Å². The van der Waals surface area contributed by atoms with E-state index in [1.807, 2.05) is 6.92 Å². The number of ether oxygens (including phenoxy) is 2. The van der Waals surface area contributed by atoms with E-state index < -0.39 is 0 Å². The van der Waals surface area contributed by atoms with E-state index in [0.717, 1.165) is 12.8 Å². The summed E-state index contributed by atoms with van der Waals surface area (Å²) in [4.78, 5) is 22.5. The normalized spacial score (nSPS) is 23.5. The summed E-state index contributed by atoms with van der Waals surface area (Å²) in [6, 6.07) is 0. The van der Waals surface area contributed by atoms with E-state index in [9.17, 15) is 9.59 Å². The lowest BCUT2D eigenvalue weighted by Gasteiger charge is -2.37. The lowest BCUT2D eigenvalue weighted by atomic mass is 9.68. The average molecular weight is 270 g/mol. The third-order valence-corrected chi connectivity index (χ3v) is 3.96. The fourth-order valence-electron chi connectivity index (χ4n) is 2.84. The number of hydrogen-bond donors (Lipinski definition) is 0. The molecule has 1 aliphatic carbocycles. The van der Waals surface area contributed by atoms with Gasteiger partial charge in [-0.25, -0.2) is 0 Å². The van der Waals surface area contributed by atoms with Crippen molar-refractivity contribution in [1.82, 2.24) is 0 Å². The van der Waals surface area contributed by atoms with Crippen molar-refractivity contribution in [3.63, 3.8) is 0 Å². The third kappa shape index (κ3) is 5.62. The first-order valence-electron chi connectivity index (χ1n) is 7.12. The monoisotopic (exact) mass is 270 g/mol. The predicted octanol–water partition coefficient (Wildman–Crippen LogP) is 2.95. The van der Waals surface area contributed by atoms with Crippen LogP contribution in [0.1, 0.15) is 53.4 Å². The molecule has 0 aliphatic heterocycles. The fourth-order valence-corrected chi connectivity index (χ4v) is 2.84. The van der Waals surface area contributed by atoms with Crippen LogP contribution < -0.4 is 0 Å². The first-order valence-corrected chi connectivity index (χ1v) is 7.12. The molecular weight excluding hydrogens is 244 g/mol. The Morgan fingerprint density at radius 1 is 1.26 bits per heavy atom. The van der Waals surface area contributed by atoms with Gasteiger partial charge in [-0.05, 0) is 30.6 Å². The Balaban J connectivity index is 2.33. The van der Waals surface area contributed by atoms with Gasteiger partial charge in [0, 0.05) is 6.92 Å². The summed E-state index contributed by atoms with van der Waals surface area (Å²) in [5.41, 5.74) is 0.329. The molecular formula is C15H26O4. The topological polar surface area (TPSA) is 52.6 Å². The molecule has 4 heteroatoms. The summed E-state index contributed by atoms with van der Waals surface area (Å²) in [6.07, 6.45) is 4.59. The molecule has 4 nitrogen and oxygen atoms in total. The molecule has 1 saturated carbocycles. The van der Waals surface area contributed by atoms with Crippen molar-refractivity contribution >= 4 is 11.9 Å². The summed E-state index contributed by atoms with van der Waals surface area (Å²) in [5.74, 6) is -0.185. The van der Waals surface area contributed by atoms with Crippen molar-refractivity contribution < 1.29 is 19.1 Å². The SMILES string of the molecule is CC(=O)OCCOC(=O)[C@@H](C)[C@@H]1CCCC(C)(C)C1. The zero-order valence-corrected chi connectivity index (χ0v) is 12.5. The van der Waals surface area contributed by atoms with E-state index in [1.54, 1.807) is 0 Å². The molecule has 0 aromatic heterocycles. The largest absolute Gasteiger partial charge is 0.462 e. The van der Waals surface area contributed by atoms with Gasteiger partial charge < -0.3 is 9.47 Å². The maximum Gasteiger partial charge on any atom is 0.309 e. The first-order chi connectivity index (χ1) is 8.82. The zero-order chi connectivity index (χ0) is 14.5. The minimum absolute atomic E-state index is 0.0723.